The van der Waals surface area contributed by atoms with Crippen LogP contribution < -0.4 is 0 Å². The van der Waals surface area contributed by atoms with Crippen LogP contribution in [0, 0.1) is 11.8 Å². The normalized spacial score (nSPS) is 29.1. The molecule has 2 aliphatic rings. The molecule has 0 radical (unpaired) electrons. The number of ether oxygens (including phenoxy) is 1. The number of carbonyl (C=O) groups excluding carboxylic acids is 1. The molecule has 2 heteroatoms. The highest BCUT2D eigenvalue weighted by Crippen LogP contribution is 2.38. The van der Waals surface area contributed by atoms with Crippen molar-refractivity contribution in [3.05, 3.63) is 0 Å². The first-order chi connectivity index (χ1) is 9.29. The molecule has 0 atom stereocenters. The molecule has 110 valence electrons. The Labute approximate surface area is 118 Å². The molecule has 0 bridgehead atoms. The summed E-state index contributed by atoms with van der Waals surface area (Å²) >= 11 is 0. The van der Waals surface area contributed by atoms with Crippen LogP contribution in [0.25, 0.3) is 0 Å². The molecule has 19 heavy (non-hydrogen) atoms. The Morgan fingerprint density at radius 2 is 1.58 bits per heavy atom. The first-order valence-electron chi connectivity index (χ1n) is 8.49. The molecule has 2 nitrogen and oxygen atoms in total. The second kappa shape index (κ2) is 7.91. The van der Waals surface area contributed by atoms with Crippen LogP contribution in [0.2, 0.25) is 0 Å². The molecule has 2 aliphatic carbocycles. The molecule has 0 heterocycles. The zero-order valence-corrected chi connectivity index (χ0v) is 12.5. The van der Waals surface area contributed by atoms with Crippen LogP contribution in [0.15, 0.2) is 0 Å². The first-order valence-corrected chi connectivity index (χ1v) is 8.49. The second-order valence-electron chi connectivity index (χ2n) is 6.53. The summed E-state index contributed by atoms with van der Waals surface area (Å²) in [6, 6.07) is 0. The fourth-order valence-corrected chi connectivity index (χ4v) is 3.85. The Bertz CT molecular complexity index is 260. The van der Waals surface area contributed by atoms with Crippen molar-refractivity contribution < 1.29 is 9.53 Å². The van der Waals surface area contributed by atoms with Crippen molar-refractivity contribution in [1.29, 1.82) is 0 Å². The van der Waals surface area contributed by atoms with Crippen LogP contribution >= 0.6 is 0 Å². The van der Waals surface area contributed by atoms with E-state index in [1.807, 2.05) is 0 Å². The van der Waals surface area contributed by atoms with E-state index in [1.165, 1.54) is 44.9 Å². The van der Waals surface area contributed by atoms with Gasteiger partial charge in [-0.15, -0.1) is 0 Å². The van der Waals surface area contributed by atoms with Crippen molar-refractivity contribution in [2.45, 2.75) is 90.1 Å². The Kier molecular flexibility index (Phi) is 6.19. The predicted octanol–water partition coefficient (Wildman–Crippen LogP) is 4.86. The van der Waals surface area contributed by atoms with Gasteiger partial charge in [-0.3, -0.25) is 4.79 Å². The highest BCUT2D eigenvalue weighted by atomic mass is 16.5. The van der Waals surface area contributed by atoms with Gasteiger partial charge in [-0.25, -0.2) is 0 Å². The summed E-state index contributed by atoms with van der Waals surface area (Å²) in [5, 5.41) is 0. The molecule has 2 fully saturated rings. The molecule has 0 saturated heterocycles. The van der Waals surface area contributed by atoms with Gasteiger partial charge in [0, 0.05) is 6.42 Å². The molecule has 0 aromatic heterocycles. The molecule has 0 unspecified atom stereocenters. The van der Waals surface area contributed by atoms with Crippen molar-refractivity contribution in [3.63, 3.8) is 0 Å². The van der Waals surface area contributed by atoms with E-state index in [4.69, 9.17) is 4.74 Å². The number of unbranched alkanes of at least 4 members (excludes halogenated alkanes) is 1. The van der Waals surface area contributed by atoms with Gasteiger partial charge in [0.15, 0.2) is 0 Å². The predicted molar refractivity (Wildman–Crippen MR) is 77.9 cm³/mol. The Balaban J connectivity index is 1.65. The van der Waals surface area contributed by atoms with Crippen LogP contribution in [-0.4, -0.2) is 12.1 Å². The number of hydrogen-bond acceptors (Lipinski definition) is 2. The summed E-state index contributed by atoms with van der Waals surface area (Å²) in [5.74, 6) is 1.93. The molecular weight excluding hydrogens is 236 g/mol. The minimum absolute atomic E-state index is 0.0305. The van der Waals surface area contributed by atoms with Gasteiger partial charge in [0.25, 0.3) is 0 Å². The van der Waals surface area contributed by atoms with E-state index >= 15 is 0 Å². The maximum atomic E-state index is 11.6. The Hall–Kier alpha value is -0.530. The van der Waals surface area contributed by atoms with Gasteiger partial charge in [0.2, 0.25) is 0 Å². The van der Waals surface area contributed by atoms with Crippen LogP contribution in [-0.2, 0) is 9.53 Å². The highest BCUT2D eigenvalue weighted by Gasteiger charge is 2.29. The van der Waals surface area contributed by atoms with Gasteiger partial charge in [0.05, 0.1) is 0 Å². The molecular formula is C17H30O2. The van der Waals surface area contributed by atoms with Crippen molar-refractivity contribution in [2.75, 3.05) is 0 Å². The quantitative estimate of drug-likeness (QED) is 0.664. The molecule has 0 amide bonds. The molecule has 0 N–H and O–H groups in total. The van der Waals surface area contributed by atoms with E-state index in [2.05, 4.69) is 6.92 Å². The van der Waals surface area contributed by atoms with Crippen molar-refractivity contribution in [3.8, 4) is 0 Å². The van der Waals surface area contributed by atoms with Crippen LogP contribution in [0.5, 0.6) is 0 Å². The monoisotopic (exact) mass is 266 g/mol. The van der Waals surface area contributed by atoms with Gasteiger partial charge in [-0.05, 0) is 43.9 Å². The molecule has 0 aromatic rings. The lowest BCUT2D eigenvalue weighted by Crippen LogP contribution is -2.28. The van der Waals surface area contributed by atoms with Crippen molar-refractivity contribution in [2.24, 2.45) is 11.8 Å². The SMILES string of the molecule is CCCCC(=O)OC1CCC(C2CCCCC2)CC1. The van der Waals surface area contributed by atoms with Gasteiger partial charge < -0.3 is 4.74 Å². The van der Waals surface area contributed by atoms with Crippen LogP contribution in [0.1, 0.15) is 84.0 Å². The third kappa shape index (κ3) is 4.81. The number of esters is 1. The standard InChI is InChI=1S/C17H30O2/c1-2-3-9-17(18)19-16-12-10-15(11-13-16)14-7-5-4-6-8-14/h14-16H,2-13H2,1H3. The zero-order valence-electron chi connectivity index (χ0n) is 12.5. The van der Waals surface area contributed by atoms with E-state index in [-0.39, 0.29) is 12.1 Å². The van der Waals surface area contributed by atoms with Crippen LogP contribution in [0.3, 0.4) is 0 Å². The van der Waals surface area contributed by atoms with Crippen LogP contribution in [0.4, 0.5) is 0 Å². The maximum Gasteiger partial charge on any atom is 0.306 e. The third-order valence-corrected chi connectivity index (χ3v) is 5.07. The average Bonchev–Trinajstić information content (AvgIpc) is 2.47. The summed E-state index contributed by atoms with van der Waals surface area (Å²) in [6.45, 7) is 2.11. The van der Waals surface area contributed by atoms with E-state index in [0.29, 0.717) is 6.42 Å². The minimum Gasteiger partial charge on any atom is -0.462 e. The molecule has 0 aliphatic heterocycles. The van der Waals surface area contributed by atoms with Crippen molar-refractivity contribution in [1.82, 2.24) is 0 Å². The highest BCUT2D eigenvalue weighted by molar-refractivity contribution is 5.69. The van der Waals surface area contributed by atoms with E-state index in [9.17, 15) is 4.79 Å². The Morgan fingerprint density at radius 1 is 0.947 bits per heavy atom. The number of rotatable bonds is 5. The van der Waals surface area contributed by atoms with Gasteiger partial charge in [0.1, 0.15) is 6.10 Å². The number of carbonyl (C=O) groups is 1. The summed E-state index contributed by atoms with van der Waals surface area (Å²) < 4.78 is 5.59. The molecule has 0 spiro atoms. The fraction of sp³-hybridized carbons (Fsp3) is 0.941. The van der Waals surface area contributed by atoms with E-state index < -0.39 is 0 Å². The van der Waals surface area contributed by atoms with Gasteiger partial charge in [-0.2, -0.15) is 0 Å². The topological polar surface area (TPSA) is 26.3 Å². The van der Waals surface area contributed by atoms with Gasteiger partial charge >= 0.3 is 5.97 Å². The third-order valence-electron chi connectivity index (χ3n) is 5.07. The lowest BCUT2D eigenvalue weighted by molar-refractivity contribution is -0.151. The fourth-order valence-electron chi connectivity index (χ4n) is 3.85. The van der Waals surface area contributed by atoms with E-state index in [0.717, 1.165) is 37.5 Å². The summed E-state index contributed by atoms with van der Waals surface area (Å²) in [7, 11) is 0. The maximum absolute atomic E-state index is 11.6. The molecule has 2 rings (SSSR count). The van der Waals surface area contributed by atoms with Crippen molar-refractivity contribution >= 4 is 5.97 Å². The van der Waals surface area contributed by atoms with E-state index in [1.54, 1.807) is 0 Å². The lowest BCUT2D eigenvalue weighted by atomic mass is 9.73. The largest absolute Gasteiger partial charge is 0.462 e. The average molecular weight is 266 g/mol. The molecule has 0 aromatic carbocycles. The summed E-state index contributed by atoms with van der Waals surface area (Å²) in [4.78, 5) is 11.6. The van der Waals surface area contributed by atoms with Gasteiger partial charge in [-0.1, -0.05) is 45.4 Å². The second-order valence-corrected chi connectivity index (χ2v) is 6.53. The first kappa shape index (κ1) is 14.9. The summed E-state index contributed by atoms with van der Waals surface area (Å²) in [6.07, 6.45) is 14.9. The summed E-state index contributed by atoms with van der Waals surface area (Å²) in [5.41, 5.74) is 0. The smallest absolute Gasteiger partial charge is 0.306 e. The molecule has 2 saturated carbocycles. The Morgan fingerprint density at radius 3 is 2.21 bits per heavy atom. The lowest BCUT2D eigenvalue weighted by Gasteiger charge is -2.35. The number of hydrogen-bond donors (Lipinski definition) is 0. The minimum atomic E-state index is 0.0305. The zero-order chi connectivity index (χ0) is 13.5.